The first-order chi connectivity index (χ1) is 9.16. The van der Waals surface area contributed by atoms with E-state index in [4.69, 9.17) is 11.6 Å². The first-order valence-electron chi connectivity index (χ1n) is 6.15. The fourth-order valence-corrected chi connectivity index (χ4v) is 2.50. The lowest BCUT2D eigenvalue weighted by atomic mass is 10.00. The molecule has 0 atom stereocenters. The van der Waals surface area contributed by atoms with Crippen molar-refractivity contribution in [1.29, 1.82) is 0 Å². The summed E-state index contributed by atoms with van der Waals surface area (Å²) in [6.45, 7) is 3.82. The predicted molar refractivity (Wildman–Crippen MR) is 79.5 cm³/mol. The fourth-order valence-electron chi connectivity index (χ4n) is 2.29. The number of rotatable bonds is 1. The van der Waals surface area contributed by atoms with E-state index in [1.807, 2.05) is 32.0 Å². The van der Waals surface area contributed by atoms with Gasteiger partial charge in [-0.05, 0) is 24.6 Å². The molecule has 3 heteroatoms. The van der Waals surface area contributed by atoms with E-state index in [9.17, 15) is 0 Å². The minimum atomic E-state index is 0.524. The molecule has 0 aliphatic heterocycles. The molecule has 0 fully saturated rings. The Labute approximate surface area is 117 Å². The van der Waals surface area contributed by atoms with Gasteiger partial charge in [-0.25, -0.2) is 9.97 Å². The van der Waals surface area contributed by atoms with Crippen LogP contribution in [-0.2, 0) is 0 Å². The van der Waals surface area contributed by atoms with Gasteiger partial charge in [0.05, 0.1) is 5.69 Å². The van der Waals surface area contributed by atoms with Crippen LogP contribution in [0.1, 0.15) is 11.4 Å². The number of nitrogens with zero attached hydrogens (tertiary/aromatic N) is 2. The highest BCUT2D eigenvalue weighted by molar-refractivity contribution is 6.30. The number of aryl methyl sites for hydroxylation is 1. The van der Waals surface area contributed by atoms with Gasteiger partial charge in [0.2, 0.25) is 0 Å². The van der Waals surface area contributed by atoms with E-state index >= 15 is 0 Å². The Balaban J connectivity index is 2.37. The lowest BCUT2D eigenvalue weighted by Crippen LogP contribution is -1.97. The molecular formula is C16H13ClN2. The third-order valence-electron chi connectivity index (χ3n) is 3.24. The van der Waals surface area contributed by atoms with Crippen LogP contribution in [0.15, 0.2) is 42.5 Å². The van der Waals surface area contributed by atoms with Crippen LogP contribution >= 0.6 is 11.6 Å². The monoisotopic (exact) mass is 268 g/mol. The molecule has 94 valence electrons. The van der Waals surface area contributed by atoms with Crippen molar-refractivity contribution in [2.45, 2.75) is 13.8 Å². The molecule has 0 unspecified atom stereocenters. The quantitative estimate of drug-likeness (QED) is 0.604. The molecule has 0 spiro atoms. The van der Waals surface area contributed by atoms with Crippen molar-refractivity contribution in [2.24, 2.45) is 0 Å². The number of fused-ring (bicyclic) bond motifs is 1. The average Bonchev–Trinajstić information content (AvgIpc) is 2.42. The second kappa shape index (κ2) is 4.63. The van der Waals surface area contributed by atoms with Gasteiger partial charge < -0.3 is 0 Å². The zero-order valence-corrected chi connectivity index (χ0v) is 11.6. The average molecular weight is 269 g/mol. The van der Waals surface area contributed by atoms with Gasteiger partial charge >= 0.3 is 0 Å². The Kier molecular flexibility index (Phi) is 2.96. The first kappa shape index (κ1) is 12.1. The smallest absolute Gasteiger partial charge is 0.136 e. The van der Waals surface area contributed by atoms with Crippen LogP contribution in [0.4, 0.5) is 0 Å². The van der Waals surface area contributed by atoms with Crippen LogP contribution in [-0.4, -0.2) is 9.97 Å². The van der Waals surface area contributed by atoms with Crippen molar-refractivity contribution < 1.29 is 0 Å². The summed E-state index contributed by atoms with van der Waals surface area (Å²) in [5.74, 6) is 0.693. The van der Waals surface area contributed by atoms with Crippen molar-refractivity contribution >= 4 is 22.4 Å². The van der Waals surface area contributed by atoms with E-state index in [0.29, 0.717) is 11.0 Å². The second-order valence-corrected chi connectivity index (χ2v) is 4.92. The van der Waals surface area contributed by atoms with E-state index in [1.54, 1.807) is 0 Å². The highest BCUT2D eigenvalue weighted by atomic mass is 35.5. The van der Waals surface area contributed by atoms with Gasteiger partial charge in [0.1, 0.15) is 11.0 Å². The Hall–Kier alpha value is -1.93. The molecule has 3 rings (SSSR count). The van der Waals surface area contributed by atoms with Crippen LogP contribution in [0.25, 0.3) is 22.0 Å². The van der Waals surface area contributed by atoms with Crippen LogP contribution in [0.5, 0.6) is 0 Å². The molecule has 0 radical (unpaired) electrons. The molecule has 0 aliphatic rings. The first-order valence-corrected chi connectivity index (χ1v) is 6.53. The molecule has 0 saturated heterocycles. The number of benzene rings is 2. The molecule has 2 aromatic carbocycles. The van der Waals surface area contributed by atoms with Crippen molar-refractivity contribution in [3.8, 4) is 11.3 Å². The molecule has 0 amide bonds. The van der Waals surface area contributed by atoms with Gasteiger partial charge in [-0.3, -0.25) is 0 Å². The summed E-state index contributed by atoms with van der Waals surface area (Å²) in [7, 11) is 0. The van der Waals surface area contributed by atoms with Gasteiger partial charge in [0.15, 0.2) is 0 Å². The van der Waals surface area contributed by atoms with Crippen molar-refractivity contribution in [1.82, 2.24) is 9.97 Å². The van der Waals surface area contributed by atoms with Crippen LogP contribution in [0, 0.1) is 13.8 Å². The van der Waals surface area contributed by atoms with Crippen LogP contribution < -0.4 is 0 Å². The SMILES string of the molecule is Cc1nc(Cl)c(C)c(-c2cccc3ccccc23)n1. The topological polar surface area (TPSA) is 25.8 Å². The summed E-state index contributed by atoms with van der Waals surface area (Å²) >= 11 is 6.17. The Morgan fingerprint density at radius 2 is 1.63 bits per heavy atom. The Morgan fingerprint density at radius 3 is 2.47 bits per heavy atom. The molecule has 1 heterocycles. The largest absolute Gasteiger partial charge is 0.233 e. The van der Waals surface area contributed by atoms with Gasteiger partial charge in [0, 0.05) is 11.1 Å². The molecule has 0 saturated carbocycles. The molecule has 0 aliphatic carbocycles. The third kappa shape index (κ3) is 2.08. The molecule has 2 nitrogen and oxygen atoms in total. The maximum Gasteiger partial charge on any atom is 0.136 e. The van der Waals surface area contributed by atoms with E-state index in [-0.39, 0.29) is 0 Å². The van der Waals surface area contributed by atoms with Gasteiger partial charge in [-0.1, -0.05) is 54.1 Å². The normalized spacial score (nSPS) is 10.9. The van der Waals surface area contributed by atoms with E-state index < -0.39 is 0 Å². The lowest BCUT2D eigenvalue weighted by molar-refractivity contribution is 1.04. The number of hydrogen-bond acceptors (Lipinski definition) is 2. The summed E-state index contributed by atoms with van der Waals surface area (Å²) in [4.78, 5) is 8.75. The third-order valence-corrected chi connectivity index (χ3v) is 3.61. The van der Waals surface area contributed by atoms with Crippen LogP contribution in [0.3, 0.4) is 0 Å². The lowest BCUT2D eigenvalue weighted by Gasteiger charge is -2.10. The molecule has 0 N–H and O–H groups in total. The summed E-state index contributed by atoms with van der Waals surface area (Å²) in [6, 6.07) is 14.5. The highest BCUT2D eigenvalue weighted by Gasteiger charge is 2.11. The molecule has 19 heavy (non-hydrogen) atoms. The molecule has 0 bridgehead atoms. The molecule has 1 aromatic heterocycles. The summed E-state index contributed by atoms with van der Waals surface area (Å²) < 4.78 is 0. The standard InChI is InChI=1S/C16H13ClN2/c1-10-15(18-11(2)19-16(10)17)14-9-5-7-12-6-3-4-8-13(12)14/h3-9H,1-2H3. The van der Waals surface area contributed by atoms with Crippen molar-refractivity contribution in [3.63, 3.8) is 0 Å². The number of aromatic nitrogens is 2. The molecule has 3 aromatic rings. The minimum absolute atomic E-state index is 0.524. The van der Waals surface area contributed by atoms with Gasteiger partial charge in [0.25, 0.3) is 0 Å². The minimum Gasteiger partial charge on any atom is -0.233 e. The summed E-state index contributed by atoms with van der Waals surface area (Å²) in [5.41, 5.74) is 2.93. The van der Waals surface area contributed by atoms with E-state index in [1.165, 1.54) is 10.8 Å². The maximum atomic E-state index is 6.17. The predicted octanol–water partition coefficient (Wildman–Crippen LogP) is 4.57. The second-order valence-electron chi connectivity index (χ2n) is 4.56. The fraction of sp³-hybridized carbons (Fsp3) is 0.125. The number of hydrogen-bond donors (Lipinski definition) is 0. The zero-order chi connectivity index (χ0) is 13.4. The Bertz CT molecular complexity index is 761. The van der Waals surface area contributed by atoms with E-state index in [0.717, 1.165) is 16.8 Å². The molecular weight excluding hydrogens is 256 g/mol. The van der Waals surface area contributed by atoms with Gasteiger partial charge in [-0.15, -0.1) is 0 Å². The van der Waals surface area contributed by atoms with Crippen LogP contribution in [0.2, 0.25) is 5.15 Å². The Morgan fingerprint density at radius 1 is 0.895 bits per heavy atom. The highest BCUT2D eigenvalue weighted by Crippen LogP contribution is 2.31. The van der Waals surface area contributed by atoms with Gasteiger partial charge in [-0.2, -0.15) is 0 Å². The maximum absolute atomic E-state index is 6.17. The summed E-state index contributed by atoms with van der Waals surface area (Å²) in [5, 5.41) is 2.91. The zero-order valence-electron chi connectivity index (χ0n) is 10.8. The summed E-state index contributed by atoms with van der Waals surface area (Å²) in [6.07, 6.45) is 0. The van der Waals surface area contributed by atoms with Crippen molar-refractivity contribution in [3.05, 3.63) is 59.0 Å². The van der Waals surface area contributed by atoms with E-state index in [2.05, 4.69) is 34.2 Å². The number of halogens is 1. The van der Waals surface area contributed by atoms with Crippen molar-refractivity contribution in [2.75, 3.05) is 0 Å².